The summed E-state index contributed by atoms with van der Waals surface area (Å²) in [5.41, 5.74) is -0.588. The van der Waals surface area contributed by atoms with Crippen LogP contribution in [-0.2, 0) is 17.5 Å². The molecule has 0 bridgehead atoms. The molecule has 0 atom stereocenters. The average Bonchev–Trinajstić information content (AvgIpc) is 3.06. The Hall–Kier alpha value is -3.43. The van der Waals surface area contributed by atoms with Crippen molar-refractivity contribution in [3.8, 4) is 11.8 Å². The van der Waals surface area contributed by atoms with E-state index >= 15 is 0 Å². The molecule has 0 aliphatic carbocycles. The molecule has 0 radical (unpaired) electrons. The number of hydrogen-bond donors (Lipinski definition) is 1. The van der Waals surface area contributed by atoms with Gasteiger partial charge in [-0.15, -0.1) is 0 Å². The van der Waals surface area contributed by atoms with Crippen LogP contribution in [0.2, 0.25) is 0 Å². The van der Waals surface area contributed by atoms with Gasteiger partial charge >= 0.3 is 12.2 Å². The second kappa shape index (κ2) is 7.21. The molecule has 1 aromatic carbocycles. The van der Waals surface area contributed by atoms with E-state index in [0.29, 0.717) is 11.4 Å². The van der Waals surface area contributed by atoms with Gasteiger partial charge < -0.3 is 10.1 Å². The summed E-state index contributed by atoms with van der Waals surface area (Å²) in [6.45, 7) is -0.341. The molecule has 0 saturated carbocycles. The molecule has 0 saturated heterocycles. The van der Waals surface area contributed by atoms with E-state index in [4.69, 9.17) is 4.74 Å². The van der Waals surface area contributed by atoms with Gasteiger partial charge in [-0.05, 0) is 36.4 Å². The number of carbonyl (C=O) groups excluding carboxylic acids is 1. The summed E-state index contributed by atoms with van der Waals surface area (Å²) >= 11 is 0. The Balaban J connectivity index is 1.57. The number of ether oxygens (including phenoxy) is 1. The number of alkyl halides is 3. The Bertz CT molecular complexity index is 879. The fourth-order valence-electron chi connectivity index (χ4n) is 2.00. The third-order valence-corrected chi connectivity index (χ3v) is 3.13. The van der Waals surface area contributed by atoms with E-state index in [2.05, 4.69) is 20.4 Å². The number of benzene rings is 1. The van der Waals surface area contributed by atoms with Crippen LogP contribution in [0.5, 0.6) is 11.8 Å². The molecule has 7 nitrogen and oxygen atoms in total. The van der Waals surface area contributed by atoms with Crippen LogP contribution in [0.3, 0.4) is 0 Å². The standard InChI is InChI=1S/C16H12F3N5O2/c17-16(18,19)13-6-9-24(23-13)10-14(25)22-11-2-4-12(5-3-11)26-15-20-7-1-8-21-15/h1-9H,10H2,(H,22,25). The molecule has 3 rings (SSSR count). The molecule has 2 aromatic heterocycles. The first kappa shape index (κ1) is 17.4. The second-order valence-corrected chi connectivity index (χ2v) is 5.10. The van der Waals surface area contributed by atoms with Crippen molar-refractivity contribution >= 4 is 11.6 Å². The van der Waals surface area contributed by atoms with Gasteiger partial charge in [0.15, 0.2) is 5.69 Å². The van der Waals surface area contributed by atoms with Gasteiger partial charge in [0.2, 0.25) is 5.91 Å². The number of nitrogens with zero attached hydrogens (tertiary/aromatic N) is 4. The monoisotopic (exact) mass is 363 g/mol. The largest absolute Gasteiger partial charge is 0.435 e. The van der Waals surface area contributed by atoms with E-state index in [1.807, 2.05) is 0 Å². The maximum Gasteiger partial charge on any atom is 0.435 e. The van der Waals surface area contributed by atoms with Gasteiger partial charge in [0.1, 0.15) is 12.3 Å². The highest BCUT2D eigenvalue weighted by Gasteiger charge is 2.33. The Morgan fingerprint density at radius 2 is 1.81 bits per heavy atom. The molecule has 2 heterocycles. The van der Waals surface area contributed by atoms with E-state index < -0.39 is 17.8 Å². The van der Waals surface area contributed by atoms with Crippen molar-refractivity contribution in [1.29, 1.82) is 0 Å². The second-order valence-electron chi connectivity index (χ2n) is 5.10. The zero-order valence-corrected chi connectivity index (χ0v) is 13.1. The minimum Gasteiger partial charge on any atom is -0.424 e. The summed E-state index contributed by atoms with van der Waals surface area (Å²) in [6, 6.07) is 9.02. The number of carbonyl (C=O) groups is 1. The molecule has 0 aliphatic heterocycles. The van der Waals surface area contributed by atoms with Gasteiger partial charge in [0, 0.05) is 24.3 Å². The number of aromatic nitrogens is 4. The highest BCUT2D eigenvalue weighted by atomic mass is 19.4. The Morgan fingerprint density at radius 3 is 2.42 bits per heavy atom. The lowest BCUT2D eigenvalue weighted by Crippen LogP contribution is -2.19. The van der Waals surface area contributed by atoms with Crippen LogP contribution >= 0.6 is 0 Å². The quantitative estimate of drug-likeness (QED) is 0.753. The smallest absolute Gasteiger partial charge is 0.424 e. The summed E-state index contributed by atoms with van der Waals surface area (Å²) in [7, 11) is 0. The van der Waals surface area contributed by atoms with Crippen LogP contribution in [0, 0.1) is 0 Å². The fourth-order valence-corrected chi connectivity index (χ4v) is 2.00. The zero-order chi connectivity index (χ0) is 18.6. The normalized spacial score (nSPS) is 11.2. The Labute approximate surface area is 145 Å². The van der Waals surface area contributed by atoms with Crippen LogP contribution in [0.25, 0.3) is 0 Å². The number of anilines is 1. The number of amides is 1. The molecule has 10 heteroatoms. The summed E-state index contributed by atoms with van der Waals surface area (Å²) in [4.78, 5) is 19.7. The first-order chi connectivity index (χ1) is 12.4. The number of halogens is 3. The van der Waals surface area contributed by atoms with Crippen molar-refractivity contribution in [2.24, 2.45) is 0 Å². The van der Waals surface area contributed by atoms with E-state index in [1.54, 1.807) is 30.3 Å². The van der Waals surface area contributed by atoms with Crippen LogP contribution in [-0.4, -0.2) is 25.7 Å². The molecule has 26 heavy (non-hydrogen) atoms. The van der Waals surface area contributed by atoms with Crippen molar-refractivity contribution < 1.29 is 22.7 Å². The third kappa shape index (κ3) is 4.56. The molecule has 0 aliphatic rings. The Kier molecular flexibility index (Phi) is 4.83. The first-order valence-electron chi connectivity index (χ1n) is 7.35. The molecule has 1 N–H and O–H groups in total. The SMILES string of the molecule is O=C(Cn1ccc(C(F)(F)F)n1)Nc1ccc(Oc2ncccn2)cc1. The van der Waals surface area contributed by atoms with Gasteiger partial charge in [-0.1, -0.05) is 0 Å². The minimum atomic E-state index is -4.54. The van der Waals surface area contributed by atoms with E-state index in [9.17, 15) is 18.0 Å². The summed E-state index contributed by atoms with van der Waals surface area (Å²) in [5, 5.41) is 5.88. The van der Waals surface area contributed by atoms with E-state index in [-0.39, 0.29) is 12.6 Å². The zero-order valence-electron chi connectivity index (χ0n) is 13.1. The van der Waals surface area contributed by atoms with Crippen molar-refractivity contribution in [3.05, 3.63) is 60.7 Å². The van der Waals surface area contributed by atoms with Gasteiger partial charge in [-0.3, -0.25) is 9.48 Å². The van der Waals surface area contributed by atoms with Crippen molar-refractivity contribution in [3.63, 3.8) is 0 Å². The van der Waals surface area contributed by atoms with Crippen LogP contribution in [0.1, 0.15) is 5.69 Å². The maximum atomic E-state index is 12.5. The molecule has 3 aromatic rings. The summed E-state index contributed by atoms with van der Waals surface area (Å²) in [6.07, 6.45) is -0.369. The predicted octanol–water partition coefficient (Wildman–Crippen LogP) is 3.12. The lowest BCUT2D eigenvalue weighted by molar-refractivity contribution is -0.141. The molecular weight excluding hydrogens is 351 g/mol. The molecule has 0 unspecified atom stereocenters. The first-order valence-corrected chi connectivity index (χ1v) is 7.35. The van der Waals surface area contributed by atoms with Gasteiger partial charge in [0.25, 0.3) is 0 Å². The van der Waals surface area contributed by atoms with Gasteiger partial charge in [0.05, 0.1) is 0 Å². The molecule has 0 spiro atoms. The number of rotatable bonds is 5. The highest BCUT2D eigenvalue weighted by Crippen LogP contribution is 2.27. The van der Waals surface area contributed by atoms with Crippen LogP contribution in [0.4, 0.5) is 18.9 Å². The van der Waals surface area contributed by atoms with Crippen molar-refractivity contribution in [2.45, 2.75) is 12.7 Å². The van der Waals surface area contributed by atoms with Gasteiger partial charge in [-0.2, -0.15) is 18.3 Å². The molecular formula is C16H12F3N5O2. The summed E-state index contributed by atoms with van der Waals surface area (Å²) in [5.74, 6) is -0.0435. The maximum absolute atomic E-state index is 12.5. The van der Waals surface area contributed by atoms with E-state index in [1.165, 1.54) is 12.4 Å². The molecule has 0 fully saturated rings. The number of nitrogens with one attached hydrogen (secondary N) is 1. The van der Waals surface area contributed by atoms with Crippen molar-refractivity contribution in [2.75, 3.05) is 5.32 Å². The minimum absolute atomic E-state index is 0.184. The topological polar surface area (TPSA) is 81.9 Å². The average molecular weight is 363 g/mol. The number of hydrogen-bond acceptors (Lipinski definition) is 5. The third-order valence-electron chi connectivity index (χ3n) is 3.13. The van der Waals surface area contributed by atoms with E-state index in [0.717, 1.165) is 16.9 Å². The predicted molar refractivity (Wildman–Crippen MR) is 84.4 cm³/mol. The van der Waals surface area contributed by atoms with Gasteiger partial charge in [-0.25, -0.2) is 9.97 Å². The molecule has 1 amide bonds. The fraction of sp³-hybridized carbons (Fsp3) is 0.125. The molecule has 134 valence electrons. The van der Waals surface area contributed by atoms with Crippen molar-refractivity contribution in [1.82, 2.24) is 19.7 Å². The lowest BCUT2D eigenvalue weighted by Gasteiger charge is -2.07. The Morgan fingerprint density at radius 1 is 1.12 bits per heavy atom. The lowest BCUT2D eigenvalue weighted by atomic mass is 10.3. The van der Waals surface area contributed by atoms with Crippen LogP contribution in [0.15, 0.2) is 55.0 Å². The summed E-state index contributed by atoms with van der Waals surface area (Å²) < 4.78 is 43.8. The highest BCUT2D eigenvalue weighted by molar-refractivity contribution is 5.90. The van der Waals surface area contributed by atoms with Crippen LogP contribution < -0.4 is 10.1 Å².